The number of amides is 1. The van der Waals surface area contributed by atoms with Gasteiger partial charge in [0, 0.05) is 7.05 Å². The summed E-state index contributed by atoms with van der Waals surface area (Å²) in [5, 5.41) is 11.9. The molecule has 0 aliphatic heterocycles. The van der Waals surface area contributed by atoms with Crippen LogP contribution in [0.3, 0.4) is 0 Å². The fraction of sp³-hybridized carbons (Fsp3) is 0.316. The quantitative estimate of drug-likeness (QED) is 0.599. The van der Waals surface area contributed by atoms with Gasteiger partial charge in [0.2, 0.25) is 5.91 Å². The third-order valence-electron chi connectivity index (χ3n) is 4.00. The minimum absolute atomic E-state index is 0.0924. The number of rotatable bonds is 8. The number of aromatic nitrogens is 3. The van der Waals surface area contributed by atoms with Crippen LogP contribution in [0.15, 0.2) is 52.2 Å². The summed E-state index contributed by atoms with van der Waals surface area (Å²) in [6.07, 6.45) is 1.32. The molecule has 0 fully saturated rings. The number of benzene rings is 1. The van der Waals surface area contributed by atoms with Gasteiger partial charge >= 0.3 is 0 Å². The molecule has 0 radical (unpaired) electrons. The predicted octanol–water partition coefficient (Wildman–Crippen LogP) is 3.27. The highest BCUT2D eigenvalue weighted by atomic mass is 32.2. The first-order valence-corrected chi connectivity index (χ1v) is 9.56. The van der Waals surface area contributed by atoms with Crippen LogP contribution in [0.25, 0.3) is 0 Å². The number of carbonyl (C=O) groups excluding carboxylic acids is 1. The molecule has 3 aromatic rings. The lowest BCUT2D eigenvalue weighted by molar-refractivity contribution is -0.118. The molecular weight excluding hydrogens is 364 g/mol. The molecule has 2 heterocycles. The maximum Gasteiger partial charge on any atom is 0.230 e. The van der Waals surface area contributed by atoms with Gasteiger partial charge in [-0.15, -0.1) is 10.2 Å². The van der Waals surface area contributed by atoms with Crippen LogP contribution in [0, 0.1) is 6.92 Å². The average molecular weight is 386 g/mol. The number of thioether (sulfide) groups is 1. The van der Waals surface area contributed by atoms with E-state index in [1.165, 1.54) is 11.8 Å². The summed E-state index contributed by atoms with van der Waals surface area (Å²) in [6, 6.07) is 11.5. The van der Waals surface area contributed by atoms with Crippen LogP contribution in [0.5, 0.6) is 5.75 Å². The van der Waals surface area contributed by atoms with Crippen molar-refractivity contribution < 1.29 is 13.9 Å². The molecule has 27 heavy (non-hydrogen) atoms. The highest BCUT2D eigenvalue weighted by molar-refractivity contribution is 7.99. The van der Waals surface area contributed by atoms with Crippen molar-refractivity contribution in [2.24, 2.45) is 7.05 Å². The Morgan fingerprint density at radius 2 is 2.11 bits per heavy atom. The molecule has 3 rings (SSSR count). The first-order valence-electron chi connectivity index (χ1n) is 8.58. The fourth-order valence-electron chi connectivity index (χ4n) is 2.52. The number of para-hydroxylation sites is 1. The van der Waals surface area contributed by atoms with E-state index in [4.69, 9.17) is 9.15 Å². The first kappa shape index (κ1) is 19.0. The third kappa shape index (κ3) is 4.91. The Hall–Kier alpha value is -2.74. The molecule has 7 nitrogen and oxygen atoms in total. The molecule has 0 saturated heterocycles. The van der Waals surface area contributed by atoms with E-state index in [9.17, 15) is 4.79 Å². The second-order valence-electron chi connectivity index (χ2n) is 6.07. The van der Waals surface area contributed by atoms with Gasteiger partial charge in [-0.1, -0.05) is 30.0 Å². The zero-order valence-electron chi connectivity index (χ0n) is 15.5. The van der Waals surface area contributed by atoms with Gasteiger partial charge in [-0.3, -0.25) is 4.79 Å². The molecule has 0 saturated carbocycles. The summed E-state index contributed by atoms with van der Waals surface area (Å²) in [6.45, 7) is 4.31. The molecular formula is C19H22N4O3S. The van der Waals surface area contributed by atoms with Crippen LogP contribution in [-0.2, 0) is 18.4 Å². The minimum atomic E-state index is -0.259. The van der Waals surface area contributed by atoms with Crippen LogP contribution in [-0.4, -0.2) is 26.4 Å². The van der Waals surface area contributed by atoms with Gasteiger partial charge in [0.15, 0.2) is 17.1 Å². The van der Waals surface area contributed by atoms with Crippen LogP contribution in [0.2, 0.25) is 0 Å². The van der Waals surface area contributed by atoms with E-state index in [-0.39, 0.29) is 17.8 Å². The van der Waals surface area contributed by atoms with Crippen molar-refractivity contribution in [3.8, 4) is 5.75 Å². The van der Waals surface area contributed by atoms with E-state index >= 15 is 0 Å². The van der Waals surface area contributed by atoms with Crippen molar-refractivity contribution in [1.82, 2.24) is 20.1 Å². The lowest BCUT2D eigenvalue weighted by Crippen LogP contribution is -2.24. The second kappa shape index (κ2) is 8.77. The van der Waals surface area contributed by atoms with E-state index in [0.29, 0.717) is 17.5 Å². The number of furan rings is 1. The maximum atomic E-state index is 12.0. The molecule has 2 aromatic heterocycles. The van der Waals surface area contributed by atoms with Crippen molar-refractivity contribution in [2.75, 3.05) is 5.75 Å². The topological polar surface area (TPSA) is 82.2 Å². The van der Waals surface area contributed by atoms with Gasteiger partial charge in [-0.25, -0.2) is 0 Å². The molecule has 1 amide bonds. The molecule has 0 aliphatic carbocycles. The van der Waals surface area contributed by atoms with Gasteiger partial charge in [0.1, 0.15) is 11.5 Å². The molecule has 142 valence electrons. The molecule has 1 atom stereocenters. The largest absolute Gasteiger partial charge is 0.482 e. The number of hydrogen-bond donors (Lipinski definition) is 1. The van der Waals surface area contributed by atoms with Crippen molar-refractivity contribution in [1.29, 1.82) is 0 Å². The van der Waals surface area contributed by atoms with Crippen molar-refractivity contribution in [3.05, 3.63) is 59.8 Å². The number of nitrogens with zero attached hydrogens (tertiary/aromatic N) is 3. The Kier molecular flexibility index (Phi) is 6.18. The summed E-state index contributed by atoms with van der Waals surface area (Å²) in [7, 11) is 1.87. The van der Waals surface area contributed by atoms with Crippen molar-refractivity contribution in [3.63, 3.8) is 0 Å². The van der Waals surface area contributed by atoms with E-state index in [2.05, 4.69) is 15.5 Å². The summed E-state index contributed by atoms with van der Waals surface area (Å²) in [4.78, 5) is 12.0. The van der Waals surface area contributed by atoms with Gasteiger partial charge in [0.25, 0.3) is 0 Å². The molecule has 1 unspecified atom stereocenters. The van der Waals surface area contributed by atoms with Gasteiger partial charge in [0.05, 0.1) is 18.6 Å². The molecule has 1 N–H and O–H groups in total. The lowest BCUT2D eigenvalue weighted by Gasteiger charge is -2.15. The highest BCUT2D eigenvalue weighted by Gasteiger charge is 2.18. The van der Waals surface area contributed by atoms with E-state index in [0.717, 1.165) is 17.1 Å². The molecule has 0 bridgehead atoms. The monoisotopic (exact) mass is 386 g/mol. The summed E-state index contributed by atoms with van der Waals surface area (Å²) in [5.74, 6) is 2.40. The molecule has 1 aromatic carbocycles. The lowest BCUT2D eigenvalue weighted by atomic mass is 10.2. The third-order valence-corrected chi connectivity index (χ3v) is 5.02. The van der Waals surface area contributed by atoms with Gasteiger partial charge in [-0.05, 0) is 37.6 Å². The van der Waals surface area contributed by atoms with Gasteiger partial charge < -0.3 is 19.0 Å². The zero-order chi connectivity index (χ0) is 19.2. The number of nitrogens with one attached hydrogen (secondary N) is 1. The molecule has 0 aliphatic rings. The van der Waals surface area contributed by atoms with E-state index in [1.807, 2.05) is 55.8 Å². The molecule has 8 heteroatoms. The fourth-order valence-corrected chi connectivity index (χ4v) is 3.27. The SMILES string of the molecule is Cc1ccccc1OC(C)c1nnc(SCC(=O)NCc2ccco2)n1C. The number of ether oxygens (including phenoxy) is 1. The average Bonchev–Trinajstić information content (AvgIpc) is 3.30. The Bertz CT molecular complexity index is 892. The smallest absolute Gasteiger partial charge is 0.230 e. The normalized spacial score (nSPS) is 12.0. The first-order chi connectivity index (χ1) is 13.0. The summed E-state index contributed by atoms with van der Waals surface area (Å²) < 4.78 is 13.1. The van der Waals surface area contributed by atoms with Crippen LogP contribution < -0.4 is 10.1 Å². The number of carbonyl (C=O) groups is 1. The maximum absolute atomic E-state index is 12.0. The van der Waals surface area contributed by atoms with Crippen LogP contribution in [0.1, 0.15) is 30.2 Å². The zero-order valence-corrected chi connectivity index (χ0v) is 16.3. The van der Waals surface area contributed by atoms with Crippen LogP contribution in [0.4, 0.5) is 0 Å². The Labute approximate surface area is 162 Å². The standard InChI is InChI=1S/C19H22N4O3S/c1-13-7-4-5-9-16(13)26-14(2)18-21-22-19(23(18)3)27-12-17(24)20-11-15-8-6-10-25-15/h4-10,14H,11-12H2,1-3H3,(H,20,24). The van der Waals surface area contributed by atoms with Crippen molar-refractivity contribution >= 4 is 17.7 Å². The summed E-state index contributed by atoms with van der Waals surface area (Å²) >= 11 is 1.33. The number of hydrogen-bond acceptors (Lipinski definition) is 6. The molecule has 0 spiro atoms. The second-order valence-corrected chi connectivity index (χ2v) is 7.01. The Morgan fingerprint density at radius 3 is 2.85 bits per heavy atom. The Balaban J connectivity index is 1.54. The summed E-state index contributed by atoms with van der Waals surface area (Å²) in [5.41, 5.74) is 1.06. The predicted molar refractivity (Wildman–Crippen MR) is 103 cm³/mol. The minimum Gasteiger partial charge on any atom is -0.482 e. The van der Waals surface area contributed by atoms with E-state index in [1.54, 1.807) is 12.3 Å². The highest BCUT2D eigenvalue weighted by Crippen LogP contribution is 2.25. The van der Waals surface area contributed by atoms with E-state index < -0.39 is 0 Å². The Morgan fingerprint density at radius 1 is 1.30 bits per heavy atom. The number of aryl methyl sites for hydroxylation is 1. The van der Waals surface area contributed by atoms with Crippen molar-refractivity contribution in [2.45, 2.75) is 31.7 Å². The van der Waals surface area contributed by atoms with Crippen LogP contribution >= 0.6 is 11.8 Å². The van der Waals surface area contributed by atoms with Gasteiger partial charge in [-0.2, -0.15) is 0 Å².